The van der Waals surface area contributed by atoms with E-state index in [0.29, 0.717) is 18.1 Å². The summed E-state index contributed by atoms with van der Waals surface area (Å²) >= 11 is 0. The number of hydrogen-bond donors (Lipinski definition) is 0. The van der Waals surface area contributed by atoms with Crippen molar-refractivity contribution in [1.29, 1.82) is 0 Å². The van der Waals surface area contributed by atoms with Crippen LogP contribution in [-0.2, 0) is 4.79 Å². The lowest BCUT2D eigenvalue weighted by atomic mass is 9.97. The van der Waals surface area contributed by atoms with Gasteiger partial charge in [-0.05, 0) is 18.8 Å². The van der Waals surface area contributed by atoms with E-state index in [-0.39, 0.29) is 0 Å². The first-order chi connectivity index (χ1) is 5.24. The van der Waals surface area contributed by atoms with Gasteiger partial charge >= 0.3 is 0 Å². The summed E-state index contributed by atoms with van der Waals surface area (Å²) in [5.41, 5.74) is 0. The fourth-order valence-electron chi connectivity index (χ4n) is 1.40. The average Bonchev–Trinajstić information content (AvgIpc) is 2.81. The molecule has 0 heterocycles. The van der Waals surface area contributed by atoms with E-state index in [4.69, 9.17) is 0 Å². The maximum atomic E-state index is 11.1. The van der Waals surface area contributed by atoms with Gasteiger partial charge < -0.3 is 0 Å². The van der Waals surface area contributed by atoms with Crippen LogP contribution in [0, 0.1) is 11.8 Å². The molecule has 0 spiro atoms. The molecule has 1 atom stereocenters. The van der Waals surface area contributed by atoms with Crippen LogP contribution in [0.3, 0.4) is 0 Å². The summed E-state index contributed by atoms with van der Waals surface area (Å²) in [5, 5.41) is 0. The lowest BCUT2D eigenvalue weighted by Gasteiger charge is -2.07. The van der Waals surface area contributed by atoms with Gasteiger partial charge in [-0.3, -0.25) is 4.79 Å². The molecule has 0 aromatic heterocycles. The van der Waals surface area contributed by atoms with Crippen LogP contribution in [0.2, 0.25) is 0 Å². The molecule has 0 radical (unpaired) electrons. The summed E-state index contributed by atoms with van der Waals surface area (Å²) in [6, 6.07) is 0. The quantitative estimate of drug-likeness (QED) is 0.595. The summed E-state index contributed by atoms with van der Waals surface area (Å²) in [6.45, 7) is 4.02. The molecule has 1 heteroatoms. The molecule has 0 bridgehead atoms. The Hall–Kier alpha value is -0.330. The van der Waals surface area contributed by atoms with Crippen molar-refractivity contribution in [2.45, 2.75) is 46.0 Å². The van der Waals surface area contributed by atoms with Crippen molar-refractivity contribution >= 4 is 5.78 Å². The Balaban J connectivity index is 2.08. The molecule has 11 heavy (non-hydrogen) atoms. The van der Waals surface area contributed by atoms with Crippen LogP contribution in [-0.4, -0.2) is 5.78 Å². The Morgan fingerprint density at radius 2 is 2.18 bits per heavy atom. The first kappa shape index (κ1) is 8.76. The second-order valence-corrected chi connectivity index (χ2v) is 3.74. The molecule has 1 saturated carbocycles. The average molecular weight is 154 g/mol. The van der Waals surface area contributed by atoms with Crippen LogP contribution < -0.4 is 0 Å². The summed E-state index contributed by atoms with van der Waals surface area (Å²) in [4.78, 5) is 11.1. The third-order valence-electron chi connectivity index (χ3n) is 2.60. The lowest BCUT2D eigenvalue weighted by Crippen LogP contribution is -2.09. The minimum Gasteiger partial charge on any atom is -0.299 e. The first-order valence-corrected chi connectivity index (χ1v) is 4.76. The molecule has 0 N–H and O–H groups in total. The van der Waals surface area contributed by atoms with Crippen LogP contribution in [0.5, 0.6) is 0 Å². The Labute approximate surface area is 69.2 Å². The Bertz CT molecular complexity index is 136. The number of carbonyl (C=O) groups excluding carboxylic acids is 1. The van der Waals surface area contributed by atoms with Crippen molar-refractivity contribution in [3.05, 3.63) is 0 Å². The van der Waals surface area contributed by atoms with Gasteiger partial charge in [0.2, 0.25) is 0 Å². The van der Waals surface area contributed by atoms with Crippen LogP contribution in [0.1, 0.15) is 46.0 Å². The highest BCUT2D eigenvalue weighted by Crippen LogP contribution is 2.34. The monoisotopic (exact) mass is 154 g/mol. The van der Waals surface area contributed by atoms with E-state index in [0.717, 1.165) is 12.3 Å². The van der Waals surface area contributed by atoms with E-state index in [1.807, 2.05) is 6.92 Å². The molecule has 0 aliphatic heterocycles. The van der Waals surface area contributed by atoms with Gasteiger partial charge in [0, 0.05) is 12.3 Å². The molecule has 0 amide bonds. The summed E-state index contributed by atoms with van der Waals surface area (Å²) < 4.78 is 0. The van der Waals surface area contributed by atoms with Gasteiger partial charge in [-0.2, -0.15) is 0 Å². The molecule has 1 nitrogen and oxygen atoms in total. The largest absolute Gasteiger partial charge is 0.299 e. The van der Waals surface area contributed by atoms with E-state index in [1.54, 1.807) is 0 Å². The molecule has 1 fully saturated rings. The number of ketones is 1. The number of Topliss-reactive ketones (excluding diaryl/α,β-unsaturated/α-hetero) is 1. The molecular weight excluding hydrogens is 136 g/mol. The third kappa shape index (κ3) is 3.04. The second kappa shape index (κ2) is 3.89. The molecule has 1 rings (SSSR count). The topological polar surface area (TPSA) is 17.1 Å². The SMILES string of the molecule is CCC(=O)C(C)CCC1CC1. The van der Waals surface area contributed by atoms with Crippen molar-refractivity contribution < 1.29 is 4.79 Å². The number of carbonyl (C=O) groups is 1. The van der Waals surface area contributed by atoms with Crippen LogP contribution in [0.4, 0.5) is 0 Å². The minimum atomic E-state index is 0.320. The van der Waals surface area contributed by atoms with Crippen molar-refractivity contribution in [3.63, 3.8) is 0 Å². The van der Waals surface area contributed by atoms with Gasteiger partial charge in [0.05, 0.1) is 0 Å². The van der Waals surface area contributed by atoms with Crippen molar-refractivity contribution in [2.75, 3.05) is 0 Å². The highest BCUT2D eigenvalue weighted by Gasteiger charge is 2.22. The molecule has 1 unspecified atom stereocenters. The molecule has 1 aliphatic carbocycles. The maximum Gasteiger partial charge on any atom is 0.135 e. The third-order valence-corrected chi connectivity index (χ3v) is 2.60. The maximum absolute atomic E-state index is 11.1. The fraction of sp³-hybridized carbons (Fsp3) is 0.900. The predicted molar refractivity (Wildman–Crippen MR) is 46.4 cm³/mol. The van der Waals surface area contributed by atoms with E-state index in [2.05, 4.69) is 6.92 Å². The Morgan fingerprint density at radius 3 is 2.64 bits per heavy atom. The van der Waals surface area contributed by atoms with Gasteiger partial charge in [-0.25, -0.2) is 0 Å². The van der Waals surface area contributed by atoms with Crippen LogP contribution in [0.15, 0.2) is 0 Å². The lowest BCUT2D eigenvalue weighted by molar-refractivity contribution is -0.122. The molecule has 64 valence electrons. The highest BCUT2D eigenvalue weighted by molar-refractivity contribution is 5.80. The fourth-order valence-corrected chi connectivity index (χ4v) is 1.40. The zero-order chi connectivity index (χ0) is 8.27. The first-order valence-electron chi connectivity index (χ1n) is 4.76. The Kier molecular flexibility index (Phi) is 3.10. The van der Waals surface area contributed by atoms with E-state index < -0.39 is 0 Å². The molecule has 1 aliphatic rings. The highest BCUT2D eigenvalue weighted by atomic mass is 16.1. The molecular formula is C10H18O. The van der Waals surface area contributed by atoms with E-state index in [9.17, 15) is 4.79 Å². The van der Waals surface area contributed by atoms with Crippen molar-refractivity contribution in [3.8, 4) is 0 Å². The zero-order valence-electron chi connectivity index (χ0n) is 7.60. The normalized spacial score (nSPS) is 19.8. The van der Waals surface area contributed by atoms with Crippen LogP contribution in [0.25, 0.3) is 0 Å². The number of rotatable bonds is 5. The Morgan fingerprint density at radius 1 is 1.55 bits per heavy atom. The van der Waals surface area contributed by atoms with Gasteiger partial charge in [-0.15, -0.1) is 0 Å². The number of hydrogen-bond acceptors (Lipinski definition) is 1. The molecule has 0 aromatic carbocycles. The van der Waals surface area contributed by atoms with Gasteiger partial charge in [0.1, 0.15) is 5.78 Å². The van der Waals surface area contributed by atoms with Gasteiger partial charge in [0.25, 0.3) is 0 Å². The predicted octanol–water partition coefficient (Wildman–Crippen LogP) is 2.79. The smallest absolute Gasteiger partial charge is 0.135 e. The summed E-state index contributed by atoms with van der Waals surface area (Å²) in [5.74, 6) is 1.73. The summed E-state index contributed by atoms with van der Waals surface area (Å²) in [7, 11) is 0. The molecule has 0 aromatic rings. The van der Waals surface area contributed by atoms with Crippen LogP contribution >= 0.6 is 0 Å². The second-order valence-electron chi connectivity index (χ2n) is 3.74. The molecule has 0 saturated heterocycles. The van der Waals surface area contributed by atoms with E-state index in [1.165, 1.54) is 19.3 Å². The van der Waals surface area contributed by atoms with E-state index >= 15 is 0 Å². The minimum absolute atomic E-state index is 0.320. The van der Waals surface area contributed by atoms with Gasteiger partial charge in [0.15, 0.2) is 0 Å². The van der Waals surface area contributed by atoms with Crippen molar-refractivity contribution in [1.82, 2.24) is 0 Å². The van der Waals surface area contributed by atoms with Gasteiger partial charge in [-0.1, -0.05) is 26.7 Å². The summed E-state index contributed by atoms with van der Waals surface area (Å²) in [6.07, 6.45) is 5.94. The standard InChI is InChI=1S/C10H18O/c1-3-10(11)8(2)4-5-9-6-7-9/h8-9H,3-7H2,1-2H3. The van der Waals surface area contributed by atoms with Crippen molar-refractivity contribution in [2.24, 2.45) is 11.8 Å². The zero-order valence-corrected chi connectivity index (χ0v) is 7.60.